The molecule has 1 N–H and O–H groups in total. The number of carbonyl (C=O) groups excluding carboxylic acids is 2. The molecular formula is C26H24N2O6. The highest BCUT2D eigenvalue weighted by atomic mass is 16.5. The first kappa shape index (κ1) is 22.8. The van der Waals surface area contributed by atoms with Gasteiger partial charge in [-0.25, -0.2) is 0 Å². The summed E-state index contributed by atoms with van der Waals surface area (Å²) < 4.78 is 16.4. The Morgan fingerprint density at radius 2 is 1.74 bits per heavy atom. The molecule has 8 nitrogen and oxygen atoms in total. The van der Waals surface area contributed by atoms with Crippen LogP contribution in [-0.2, 0) is 9.59 Å². The number of aliphatic hydroxyl groups excluding tert-OH is 1. The number of rotatable bonds is 7. The molecule has 1 fully saturated rings. The number of hydrogen-bond donors (Lipinski definition) is 1. The SMILES string of the molecule is CCOc1cccc(N2C(=O)C(=O)/C(=C(\O)c3ccncc3)C2c2ccc(OC)c(OC)c2)c1. The van der Waals surface area contributed by atoms with Crippen LogP contribution in [0.25, 0.3) is 5.76 Å². The van der Waals surface area contributed by atoms with Gasteiger partial charge in [-0.3, -0.25) is 19.5 Å². The second-order valence-electron chi connectivity index (χ2n) is 7.45. The van der Waals surface area contributed by atoms with Gasteiger partial charge in [0, 0.05) is 29.7 Å². The maximum absolute atomic E-state index is 13.3. The molecule has 2 heterocycles. The zero-order valence-corrected chi connectivity index (χ0v) is 19.0. The van der Waals surface area contributed by atoms with E-state index in [4.69, 9.17) is 14.2 Å². The Balaban J connectivity index is 1.95. The maximum atomic E-state index is 13.3. The monoisotopic (exact) mass is 460 g/mol. The maximum Gasteiger partial charge on any atom is 0.300 e. The molecule has 1 aliphatic rings. The van der Waals surface area contributed by atoms with Crippen LogP contribution in [0.3, 0.4) is 0 Å². The standard InChI is InChI=1S/C26H24N2O6/c1-4-34-19-7-5-6-18(15-19)28-23(17-8-9-20(32-2)21(14-17)33-3)22(25(30)26(28)31)24(29)16-10-12-27-13-11-16/h5-15,23,29H,4H2,1-3H3/b24-22-. The van der Waals surface area contributed by atoms with Crippen molar-refractivity contribution >= 4 is 23.1 Å². The highest BCUT2D eigenvalue weighted by molar-refractivity contribution is 6.51. The summed E-state index contributed by atoms with van der Waals surface area (Å²) in [5, 5.41) is 11.1. The van der Waals surface area contributed by atoms with Crippen molar-refractivity contribution in [1.29, 1.82) is 0 Å². The molecule has 4 rings (SSSR count). The summed E-state index contributed by atoms with van der Waals surface area (Å²) in [5.41, 5.74) is 1.36. The van der Waals surface area contributed by atoms with Crippen LogP contribution in [-0.4, -0.2) is 42.6 Å². The lowest BCUT2D eigenvalue weighted by molar-refractivity contribution is -0.132. The molecule has 1 aromatic heterocycles. The van der Waals surface area contributed by atoms with E-state index in [2.05, 4.69) is 4.98 Å². The molecule has 8 heteroatoms. The van der Waals surface area contributed by atoms with Gasteiger partial charge >= 0.3 is 0 Å². The van der Waals surface area contributed by atoms with Crippen molar-refractivity contribution in [1.82, 2.24) is 4.98 Å². The summed E-state index contributed by atoms with van der Waals surface area (Å²) in [5.74, 6) is -0.362. The minimum absolute atomic E-state index is 0.0368. The Kier molecular flexibility index (Phi) is 6.49. The number of benzene rings is 2. The van der Waals surface area contributed by atoms with Gasteiger partial charge in [-0.1, -0.05) is 12.1 Å². The first-order valence-electron chi connectivity index (χ1n) is 10.7. The molecule has 0 aliphatic carbocycles. The lowest BCUT2D eigenvalue weighted by Gasteiger charge is -2.26. The highest BCUT2D eigenvalue weighted by Gasteiger charge is 2.47. The third kappa shape index (κ3) is 4.05. The molecular weight excluding hydrogens is 436 g/mol. The summed E-state index contributed by atoms with van der Waals surface area (Å²) in [6.07, 6.45) is 3.00. The predicted molar refractivity (Wildman–Crippen MR) is 126 cm³/mol. The van der Waals surface area contributed by atoms with Crippen LogP contribution in [0.4, 0.5) is 5.69 Å². The summed E-state index contributed by atoms with van der Waals surface area (Å²) in [4.78, 5) is 31.9. The van der Waals surface area contributed by atoms with Crippen molar-refractivity contribution in [2.24, 2.45) is 0 Å². The van der Waals surface area contributed by atoms with E-state index in [0.29, 0.717) is 40.7 Å². The molecule has 3 aromatic rings. The van der Waals surface area contributed by atoms with Crippen LogP contribution in [0.2, 0.25) is 0 Å². The van der Waals surface area contributed by atoms with E-state index >= 15 is 0 Å². The van der Waals surface area contributed by atoms with Crippen molar-refractivity contribution in [3.05, 3.63) is 83.7 Å². The van der Waals surface area contributed by atoms with Gasteiger partial charge in [0.2, 0.25) is 0 Å². The van der Waals surface area contributed by atoms with E-state index in [-0.39, 0.29) is 11.3 Å². The molecule has 0 radical (unpaired) electrons. The Morgan fingerprint density at radius 3 is 2.41 bits per heavy atom. The van der Waals surface area contributed by atoms with Crippen LogP contribution >= 0.6 is 0 Å². The summed E-state index contributed by atoms with van der Waals surface area (Å²) >= 11 is 0. The second kappa shape index (κ2) is 9.66. The number of hydrogen-bond acceptors (Lipinski definition) is 7. The number of carbonyl (C=O) groups is 2. The van der Waals surface area contributed by atoms with Gasteiger partial charge in [0.25, 0.3) is 11.7 Å². The Hall–Kier alpha value is -4.33. The third-order valence-electron chi connectivity index (χ3n) is 5.53. The average Bonchev–Trinajstić information content (AvgIpc) is 3.14. The number of amides is 1. The van der Waals surface area contributed by atoms with E-state index in [0.717, 1.165) is 0 Å². The summed E-state index contributed by atoms with van der Waals surface area (Å²) in [7, 11) is 3.02. The number of nitrogens with zero attached hydrogens (tertiary/aromatic N) is 2. The molecule has 1 amide bonds. The topological polar surface area (TPSA) is 98.2 Å². The molecule has 0 saturated carbocycles. The van der Waals surface area contributed by atoms with E-state index in [1.165, 1.54) is 31.5 Å². The lowest BCUT2D eigenvalue weighted by atomic mass is 9.95. The number of ketones is 1. The van der Waals surface area contributed by atoms with Gasteiger partial charge in [0.1, 0.15) is 11.5 Å². The predicted octanol–water partition coefficient (Wildman–Crippen LogP) is 4.12. The van der Waals surface area contributed by atoms with E-state index in [1.54, 1.807) is 54.6 Å². The van der Waals surface area contributed by atoms with Gasteiger partial charge in [-0.2, -0.15) is 0 Å². The fraction of sp³-hybridized carbons (Fsp3) is 0.192. The van der Waals surface area contributed by atoms with Crippen LogP contribution in [0.5, 0.6) is 17.2 Å². The van der Waals surface area contributed by atoms with Crippen molar-refractivity contribution in [2.75, 3.05) is 25.7 Å². The number of aliphatic hydroxyl groups is 1. The normalized spacial score (nSPS) is 17.0. The van der Waals surface area contributed by atoms with Crippen molar-refractivity contribution in [2.45, 2.75) is 13.0 Å². The zero-order valence-electron chi connectivity index (χ0n) is 19.0. The minimum atomic E-state index is -0.912. The quantitative estimate of drug-likeness (QED) is 0.322. The fourth-order valence-electron chi connectivity index (χ4n) is 3.99. The van der Waals surface area contributed by atoms with E-state index < -0.39 is 17.7 Å². The Bertz CT molecular complexity index is 1260. The minimum Gasteiger partial charge on any atom is -0.507 e. The summed E-state index contributed by atoms with van der Waals surface area (Å²) in [6.45, 7) is 2.31. The first-order valence-corrected chi connectivity index (χ1v) is 10.7. The molecule has 174 valence electrons. The molecule has 0 spiro atoms. The molecule has 1 saturated heterocycles. The molecule has 2 aromatic carbocycles. The molecule has 34 heavy (non-hydrogen) atoms. The Morgan fingerprint density at radius 1 is 1.00 bits per heavy atom. The number of ether oxygens (including phenoxy) is 3. The van der Waals surface area contributed by atoms with Gasteiger partial charge in [0.05, 0.1) is 32.4 Å². The first-order chi connectivity index (χ1) is 16.5. The van der Waals surface area contributed by atoms with Crippen molar-refractivity contribution in [3.8, 4) is 17.2 Å². The van der Waals surface area contributed by atoms with Crippen LogP contribution in [0, 0.1) is 0 Å². The number of pyridine rings is 1. The zero-order chi connectivity index (χ0) is 24.2. The van der Waals surface area contributed by atoms with Gasteiger partial charge in [-0.05, 0) is 48.9 Å². The average molecular weight is 460 g/mol. The smallest absolute Gasteiger partial charge is 0.300 e. The van der Waals surface area contributed by atoms with Gasteiger partial charge in [-0.15, -0.1) is 0 Å². The fourth-order valence-corrected chi connectivity index (χ4v) is 3.99. The number of Topliss-reactive ketones (excluding diaryl/α,β-unsaturated/α-hetero) is 1. The number of aromatic nitrogens is 1. The molecule has 1 aliphatic heterocycles. The van der Waals surface area contributed by atoms with Gasteiger partial charge in [0.15, 0.2) is 11.5 Å². The third-order valence-corrected chi connectivity index (χ3v) is 5.53. The number of methoxy groups -OCH3 is 2. The second-order valence-corrected chi connectivity index (χ2v) is 7.45. The lowest BCUT2D eigenvalue weighted by Crippen LogP contribution is -2.29. The van der Waals surface area contributed by atoms with Crippen molar-refractivity contribution < 1.29 is 28.9 Å². The van der Waals surface area contributed by atoms with Crippen LogP contribution in [0.15, 0.2) is 72.6 Å². The van der Waals surface area contributed by atoms with Crippen LogP contribution < -0.4 is 19.1 Å². The molecule has 0 bridgehead atoms. The number of anilines is 1. The van der Waals surface area contributed by atoms with Gasteiger partial charge < -0.3 is 19.3 Å². The highest BCUT2D eigenvalue weighted by Crippen LogP contribution is 2.44. The van der Waals surface area contributed by atoms with E-state index in [9.17, 15) is 14.7 Å². The largest absolute Gasteiger partial charge is 0.507 e. The van der Waals surface area contributed by atoms with E-state index in [1.807, 2.05) is 6.92 Å². The van der Waals surface area contributed by atoms with Crippen LogP contribution in [0.1, 0.15) is 24.1 Å². The van der Waals surface area contributed by atoms with Crippen molar-refractivity contribution in [3.63, 3.8) is 0 Å². The summed E-state index contributed by atoms with van der Waals surface area (Å²) in [6, 6.07) is 14.3. The Labute approximate surface area is 197 Å². The molecule has 1 unspecified atom stereocenters. The molecule has 1 atom stereocenters.